The molecule has 0 aliphatic heterocycles. The summed E-state index contributed by atoms with van der Waals surface area (Å²) in [7, 11) is -3.92. The van der Waals surface area contributed by atoms with E-state index in [0.29, 0.717) is 23.8 Å². The number of benzene rings is 2. The Morgan fingerprint density at radius 2 is 1.52 bits per heavy atom. The van der Waals surface area contributed by atoms with Crippen molar-refractivity contribution in [1.29, 1.82) is 0 Å². The molecule has 0 unspecified atom stereocenters. The summed E-state index contributed by atoms with van der Waals surface area (Å²) in [5.74, 6) is 0. The highest BCUT2D eigenvalue weighted by Crippen LogP contribution is 2.18. The van der Waals surface area contributed by atoms with Gasteiger partial charge in [0.2, 0.25) is 0 Å². The van der Waals surface area contributed by atoms with Gasteiger partial charge in [-0.25, -0.2) is 4.79 Å². The summed E-state index contributed by atoms with van der Waals surface area (Å²) in [6.07, 6.45) is -0.0119. The molecule has 2 rings (SSSR count). The lowest BCUT2D eigenvalue weighted by Crippen LogP contribution is -2.38. The van der Waals surface area contributed by atoms with Crippen LogP contribution >= 0.6 is 0 Å². The molecule has 29 heavy (non-hydrogen) atoms. The summed E-state index contributed by atoms with van der Waals surface area (Å²) < 4.78 is 39.1. The highest BCUT2D eigenvalue weighted by Gasteiger charge is 2.26. The van der Waals surface area contributed by atoms with Crippen molar-refractivity contribution in [1.82, 2.24) is 5.06 Å². The average molecular weight is 422 g/mol. The normalized spacial score (nSPS) is 11.9. The largest absolute Gasteiger partial charge is 0.442 e. The first-order valence-electron chi connectivity index (χ1n) is 9.12. The fraction of sp³-hybridized carbons (Fsp3) is 0.381. The smallest absolute Gasteiger partial charge is 0.435 e. The number of carbonyl (C=O) groups is 1. The maximum atomic E-state index is 12.4. The maximum absolute atomic E-state index is 12.4. The van der Waals surface area contributed by atoms with E-state index in [4.69, 9.17) is 13.8 Å². The molecule has 0 bridgehead atoms. The highest BCUT2D eigenvalue weighted by atomic mass is 32.2. The van der Waals surface area contributed by atoms with Crippen LogP contribution in [0.3, 0.4) is 0 Å². The van der Waals surface area contributed by atoms with Crippen molar-refractivity contribution >= 4 is 16.2 Å². The van der Waals surface area contributed by atoms with E-state index in [0.717, 1.165) is 17.4 Å². The van der Waals surface area contributed by atoms with Crippen LogP contribution in [0.1, 0.15) is 37.5 Å². The zero-order valence-corrected chi connectivity index (χ0v) is 17.9. The summed E-state index contributed by atoms with van der Waals surface area (Å²) in [5.41, 5.74) is 1.75. The lowest BCUT2D eigenvalue weighted by atomic mass is 10.1. The van der Waals surface area contributed by atoms with Crippen molar-refractivity contribution in [2.24, 2.45) is 0 Å². The fourth-order valence-electron chi connectivity index (χ4n) is 2.46. The Balaban J connectivity index is 2.12. The van der Waals surface area contributed by atoms with Crippen molar-refractivity contribution in [3.8, 4) is 0 Å². The van der Waals surface area contributed by atoms with E-state index in [9.17, 15) is 13.2 Å². The first-order valence-corrected chi connectivity index (χ1v) is 10.9. The minimum Gasteiger partial charge on any atom is -0.442 e. The van der Waals surface area contributed by atoms with E-state index in [1.807, 2.05) is 42.5 Å². The van der Waals surface area contributed by atoms with Crippen molar-refractivity contribution in [2.75, 3.05) is 6.26 Å². The molecule has 0 saturated heterocycles. The zero-order valence-electron chi connectivity index (χ0n) is 17.1. The Morgan fingerprint density at radius 3 is 2.10 bits per heavy atom. The summed E-state index contributed by atoms with van der Waals surface area (Å²) in [6, 6.07) is 17.0. The minimum absolute atomic E-state index is 0.104. The topological polar surface area (TPSA) is 82.1 Å². The van der Waals surface area contributed by atoms with E-state index < -0.39 is 21.8 Å². The van der Waals surface area contributed by atoms with Crippen LogP contribution in [0.2, 0.25) is 0 Å². The lowest BCUT2D eigenvalue weighted by molar-refractivity contribution is -0.0736. The highest BCUT2D eigenvalue weighted by molar-refractivity contribution is 7.85. The number of rotatable bonds is 8. The van der Waals surface area contributed by atoms with Crippen LogP contribution < -0.4 is 0 Å². The van der Waals surface area contributed by atoms with Gasteiger partial charge in [-0.3, -0.25) is 0 Å². The Kier molecular flexibility index (Phi) is 7.78. The number of amides is 1. The molecule has 0 heterocycles. The third-order valence-electron chi connectivity index (χ3n) is 3.62. The standard InChI is InChI=1S/C21H27NO6S/c1-21(2,3)27-20(23)22(28-29(4,24)25)14-18-12-8-9-13-19(18)16-26-15-17-10-6-5-7-11-17/h5-13H,14-16H2,1-4H3. The summed E-state index contributed by atoms with van der Waals surface area (Å²) >= 11 is 0. The molecule has 0 radical (unpaired) electrons. The minimum atomic E-state index is -3.92. The van der Waals surface area contributed by atoms with Gasteiger partial charge in [0, 0.05) is 0 Å². The molecule has 158 valence electrons. The second-order valence-electron chi connectivity index (χ2n) is 7.54. The van der Waals surface area contributed by atoms with Crippen LogP contribution in [0.25, 0.3) is 0 Å². The van der Waals surface area contributed by atoms with Gasteiger partial charge in [-0.05, 0) is 37.5 Å². The molecular formula is C21H27NO6S. The van der Waals surface area contributed by atoms with E-state index in [1.165, 1.54) is 0 Å². The van der Waals surface area contributed by atoms with Gasteiger partial charge in [-0.15, -0.1) is 4.28 Å². The van der Waals surface area contributed by atoms with E-state index in [-0.39, 0.29) is 6.54 Å². The monoisotopic (exact) mass is 421 g/mol. The third-order valence-corrected chi connectivity index (χ3v) is 4.07. The molecule has 0 atom stereocenters. The number of hydrogen-bond donors (Lipinski definition) is 0. The van der Waals surface area contributed by atoms with Gasteiger partial charge in [-0.2, -0.15) is 13.5 Å². The molecule has 0 N–H and O–H groups in total. The Labute approximate surface area is 172 Å². The van der Waals surface area contributed by atoms with Crippen molar-refractivity contribution in [3.05, 3.63) is 71.3 Å². The molecule has 0 aromatic heterocycles. The molecule has 0 fully saturated rings. The van der Waals surface area contributed by atoms with E-state index in [2.05, 4.69) is 0 Å². The summed E-state index contributed by atoms with van der Waals surface area (Å²) in [4.78, 5) is 12.4. The molecule has 0 aliphatic carbocycles. The number of hydroxylamine groups is 2. The molecule has 2 aromatic carbocycles. The van der Waals surface area contributed by atoms with Crippen LogP contribution in [0.4, 0.5) is 4.79 Å². The molecule has 1 amide bonds. The zero-order chi connectivity index (χ0) is 21.5. The predicted molar refractivity (Wildman–Crippen MR) is 109 cm³/mol. The van der Waals surface area contributed by atoms with Gasteiger partial charge < -0.3 is 9.47 Å². The summed E-state index contributed by atoms with van der Waals surface area (Å²) in [5, 5.41) is 0.705. The SMILES string of the molecule is CC(C)(C)OC(=O)N(Cc1ccccc1COCc1ccccc1)OS(C)(=O)=O. The first-order chi connectivity index (χ1) is 13.5. The van der Waals surface area contributed by atoms with Crippen molar-refractivity contribution < 1.29 is 27.0 Å². The number of nitrogens with zero attached hydrogens (tertiary/aromatic N) is 1. The molecule has 0 saturated carbocycles. The molecule has 0 spiro atoms. The first kappa shape index (κ1) is 22.9. The second kappa shape index (κ2) is 9.87. The maximum Gasteiger partial charge on any atom is 0.435 e. The third kappa shape index (κ3) is 8.64. The number of hydrogen-bond acceptors (Lipinski definition) is 6. The van der Waals surface area contributed by atoms with Gasteiger partial charge >= 0.3 is 6.09 Å². The van der Waals surface area contributed by atoms with Crippen LogP contribution in [0.5, 0.6) is 0 Å². The molecule has 8 heteroatoms. The summed E-state index contributed by atoms with van der Waals surface area (Å²) in [6.45, 7) is 5.70. The van der Waals surface area contributed by atoms with Crippen molar-refractivity contribution in [3.63, 3.8) is 0 Å². The molecule has 7 nitrogen and oxygen atoms in total. The van der Waals surface area contributed by atoms with Crippen LogP contribution in [-0.4, -0.2) is 31.4 Å². The lowest BCUT2D eigenvalue weighted by Gasteiger charge is -2.26. The number of ether oxygens (including phenoxy) is 2. The van der Waals surface area contributed by atoms with Gasteiger partial charge in [0.15, 0.2) is 0 Å². The Morgan fingerprint density at radius 1 is 0.931 bits per heavy atom. The van der Waals surface area contributed by atoms with Gasteiger partial charge in [-0.1, -0.05) is 54.6 Å². The average Bonchev–Trinajstić information content (AvgIpc) is 2.61. The van der Waals surface area contributed by atoms with Crippen LogP contribution in [0, 0.1) is 0 Å². The molecule has 2 aromatic rings. The van der Waals surface area contributed by atoms with Crippen LogP contribution in [0.15, 0.2) is 54.6 Å². The van der Waals surface area contributed by atoms with Crippen LogP contribution in [-0.2, 0) is 43.6 Å². The van der Waals surface area contributed by atoms with Crippen molar-refractivity contribution in [2.45, 2.75) is 46.1 Å². The Hall–Kier alpha value is -2.42. The predicted octanol–water partition coefficient (Wildman–Crippen LogP) is 4.03. The Bertz CT molecular complexity index is 906. The number of carbonyl (C=O) groups excluding carboxylic acids is 1. The van der Waals surface area contributed by atoms with Gasteiger partial charge in [0.25, 0.3) is 10.1 Å². The van der Waals surface area contributed by atoms with Gasteiger partial charge in [0.1, 0.15) is 5.60 Å². The fourth-order valence-corrected chi connectivity index (χ4v) is 2.90. The van der Waals surface area contributed by atoms with Gasteiger partial charge in [0.05, 0.1) is 26.0 Å². The van der Waals surface area contributed by atoms with E-state index in [1.54, 1.807) is 32.9 Å². The molecular weight excluding hydrogens is 394 g/mol. The quantitative estimate of drug-likeness (QED) is 0.599. The second-order valence-corrected chi connectivity index (χ2v) is 9.10. The van der Waals surface area contributed by atoms with E-state index >= 15 is 0 Å². The molecule has 0 aliphatic rings.